The summed E-state index contributed by atoms with van der Waals surface area (Å²) < 4.78 is 2.38. The molecule has 0 fully saturated rings. The van der Waals surface area contributed by atoms with E-state index in [1.807, 2.05) is 0 Å². The molecule has 0 unspecified atom stereocenters. The topological polar surface area (TPSA) is 4.93 Å². The number of rotatable bonds is 3. The van der Waals surface area contributed by atoms with Crippen molar-refractivity contribution in [3.63, 3.8) is 0 Å². The maximum atomic E-state index is 2.44. The molecule has 254 valence electrons. The zero-order valence-electron chi connectivity index (χ0n) is 30.0. The minimum atomic E-state index is 1.17. The van der Waals surface area contributed by atoms with E-state index in [0.29, 0.717) is 0 Å². The van der Waals surface area contributed by atoms with Gasteiger partial charge in [-0.15, -0.1) is 0 Å². The zero-order valence-corrected chi connectivity index (χ0v) is 30.0. The predicted octanol–water partition coefficient (Wildman–Crippen LogP) is 15.0. The molecule has 1 heteroatoms. The zero-order chi connectivity index (χ0) is 36.0. The first-order chi connectivity index (χ1) is 27.3. The normalized spacial score (nSPS) is 12.0. The van der Waals surface area contributed by atoms with E-state index in [2.05, 4.69) is 205 Å². The Kier molecular flexibility index (Phi) is 6.40. The predicted molar refractivity (Wildman–Crippen MR) is 237 cm³/mol. The van der Waals surface area contributed by atoms with Crippen LogP contribution in [-0.4, -0.2) is 4.57 Å². The molecule has 0 aliphatic carbocycles. The first-order valence-corrected chi connectivity index (χ1v) is 19.1. The van der Waals surface area contributed by atoms with Crippen LogP contribution in [0.15, 0.2) is 200 Å². The van der Waals surface area contributed by atoms with Gasteiger partial charge in [-0.25, -0.2) is 0 Å². The first kappa shape index (κ1) is 30.3. The van der Waals surface area contributed by atoms with E-state index in [-0.39, 0.29) is 0 Å². The second-order valence-corrected chi connectivity index (χ2v) is 14.8. The van der Waals surface area contributed by atoms with Gasteiger partial charge in [0.15, 0.2) is 0 Å². The highest BCUT2D eigenvalue weighted by Gasteiger charge is 2.18. The quantitative estimate of drug-likeness (QED) is 0.162. The van der Waals surface area contributed by atoms with Crippen molar-refractivity contribution in [3.05, 3.63) is 200 Å². The van der Waals surface area contributed by atoms with E-state index in [4.69, 9.17) is 0 Å². The molecule has 12 rings (SSSR count). The largest absolute Gasteiger partial charge is 0.309 e. The van der Waals surface area contributed by atoms with Crippen LogP contribution in [0.5, 0.6) is 0 Å². The summed E-state index contributed by atoms with van der Waals surface area (Å²) in [5, 5.41) is 18.1. The smallest absolute Gasteiger partial charge is 0.0541 e. The molecule has 12 aromatic rings. The lowest BCUT2D eigenvalue weighted by molar-refractivity contribution is 1.18. The molecule has 0 aliphatic heterocycles. The van der Waals surface area contributed by atoms with Crippen molar-refractivity contribution in [1.82, 2.24) is 4.57 Å². The van der Waals surface area contributed by atoms with Crippen LogP contribution in [0.1, 0.15) is 0 Å². The van der Waals surface area contributed by atoms with E-state index in [0.717, 1.165) is 0 Å². The van der Waals surface area contributed by atoms with Crippen molar-refractivity contribution in [2.75, 3.05) is 0 Å². The number of benzene rings is 11. The standard InChI is InChI=1S/C54H33N/c1-2-14-36(15-3-1)55-51-25-13-12-21-44(51)50-33-35(27-31-52(50)55)38-30-29-37(39-16-4-5-17-40(38)39)34-26-28-48-49(32-34)43-20-8-11-24-47(43)53-45-22-9-6-18-41(45)42-19-7-10-23-46(42)54(48)53/h1-33H. The van der Waals surface area contributed by atoms with E-state index >= 15 is 0 Å². The summed E-state index contributed by atoms with van der Waals surface area (Å²) in [7, 11) is 0. The fourth-order valence-electron chi connectivity index (χ4n) is 9.59. The van der Waals surface area contributed by atoms with Crippen LogP contribution < -0.4 is 0 Å². The van der Waals surface area contributed by atoms with Gasteiger partial charge in [0.1, 0.15) is 0 Å². The minimum Gasteiger partial charge on any atom is -0.309 e. The molecule has 0 aliphatic rings. The fraction of sp³-hybridized carbons (Fsp3) is 0. The van der Waals surface area contributed by atoms with E-state index < -0.39 is 0 Å². The van der Waals surface area contributed by atoms with Gasteiger partial charge in [-0.2, -0.15) is 0 Å². The van der Waals surface area contributed by atoms with Crippen LogP contribution in [0.4, 0.5) is 0 Å². The molecule has 0 bridgehead atoms. The molecule has 0 amide bonds. The van der Waals surface area contributed by atoms with Crippen molar-refractivity contribution in [1.29, 1.82) is 0 Å². The Balaban J connectivity index is 1.08. The molecule has 0 saturated heterocycles. The van der Waals surface area contributed by atoms with Gasteiger partial charge in [0.25, 0.3) is 0 Å². The van der Waals surface area contributed by atoms with Crippen LogP contribution in [-0.2, 0) is 0 Å². The highest BCUT2D eigenvalue weighted by atomic mass is 15.0. The van der Waals surface area contributed by atoms with Gasteiger partial charge in [-0.3, -0.25) is 0 Å². The van der Waals surface area contributed by atoms with Crippen LogP contribution in [0.25, 0.3) is 114 Å². The Hall–Kier alpha value is -7.22. The fourth-order valence-corrected chi connectivity index (χ4v) is 9.59. The Bertz CT molecular complexity index is 3530. The van der Waals surface area contributed by atoms with Crippen LogP contribution in [0.3, 0.4) is 0 Å². The van der Waals surface area contributed by atoms with Crippen molar-refractivity contribution < 1.29 is 0 Å². The van der Waals surface area contributed by atoms with Gasteiger partial charge < -0.3 is 4.57 Å². The maximum Gasteiger partial charge on any atom is 0.0541 e. The van der Waals surface area contributed by atoms with Crippen molar-refractivity contribution >= 4 is 86.4 Å². The summed E-state index contributed by atoms with van der Waals surface area (Å²) in [6.45, 7) is 0. The average molecular weight is 696 g/mol. The van der Waals surface area contributed by atoms with Crippen molar-refractivity contribution in [2.45, 2.75) is 0 Å². The van der Waals surface area contributed by atoms with Gasteiger partial charge in [0.2, 0.25) is 0 Å². The number of hydrogen-bond donors (Lipinski definition) is 0. The molecule has 0 atom stereocenters. The minimum absolute atomic E-state index is 1.17. The summed E-state index contributed by atoms with van der Waals surface area (Å²) in [5.74, 6) is 0. The molecule has 55 heavy (non-hydrogen) atoms. The number of aromatic nitrogens is 1. The Morgan fingerprint density at radius 2 is 0.636 bits per heavy atom. The van der Waals surface area contributed by atoms with Gasteiger partial charge in [0, 0.05) is 16.5 Å². The number of nitrogens with zero attached hydrogens (tertiary/aromatic N) is 1. The summed E-state index contributed by atoms with van der Waals surface area (Å²) in [5.41, 5.74) is 8.55. The summed E-state index contributed by atoms with van der Waals surface area (Å²) in [6, 6.07) is 74.0. The molecule has 0 saturated carbocycles. The lowest BCUT2D eigenvalue weighted by Crippen LogP contribution is -1.93. The Labute approximate surface area is 317 Å². The lowest BCUT2D eigenvalue weighted by Gasteiger charge is -2.17. The van der Waals surface area contributed by atoms with Crippen molar-refractivity contribution in [2.24, 2.45) is 0 Å². The summed E-state index contributed by atoms with van der Waals surface area (Å²) in [4.78, 5) is 0. The molecular weight excluding hydrogens is 663 g/mol. The van der Waals surface area contributed by atoms with Gasteiger partial charge >= 0.3 is 0 Å². The lowest BCUT2D eigenvalue weighted by atomic mass is 9.85. The SMILES string of the molecule is c1ccc(-n2c3ccccc3c3cc(-c4ccc(-c5ccc6c(c5)c5ccccc5c5c7ccccc7c7ccccc7c65)c5ccccc45)ccc32)cc1. The monoisotopic (exact) mass is 695 g/mol. The van der Waals surface area contributed by atoms with Crippen LogP contribution in [0, 0.1) is 0 Å². The Morgan fingerprint density at radius 3 is 1.22 bits per heavy atom. The summed E-state index contributed by atoms with van der Waals surface area (Å²) in [6.07, 6.45) is 0. The van der Waals surface area contributed by atoms with Crippen LogP contribution >= 0.6 is 0 Å². The third-order valence-electron chi connectivity index (χ3n) is 11.9. The second-order valence-electron chi connectivity index (χ2n) is 14.8. The second kappa shape index (κ2) is 11.6. The average Bonchev–Trinajstić information content (AvgIpc) is 3.59. The summed E-state index contributed by atoms with van der Waals surface area (Å²) >= 11 is 0. The third kappa shape index (κ3) is 4.35. The van der Waals surface area contributed by atoms with Gasteiger partial charge in [-0.1, -0.05) is 164 Å². The van der Waals surface area contributed by atoms with E-state index in [1.165, 1.54) is 114 Å². The van der Waals surface area contributed by atoms with Gasteiger partial charge in [-0.05, 0) is 123 Å². The van der Waals surface area contributed by atoms with E-state index in [9.17, 15) is 0 Å². The number of fused-ring (bicyclic) bond motifs is 15. The molecule has 0 N–H and O–H groups in total. The maximum absolute atomic E-state index is 2.44. The van der Waals surface area contributed by atoms with Crippen molar-refractivity contribution in [3.8, 4) is 27.9 Å². The molecule has 0 radical (unpaired) electrons. The molecule has 1 nitrogen and oxygen atoms in total. The molecule has 1 aromatic heterocycles. The first-order valence-electron chi connectivity index (χ1n) is 19.1. The highest BCUT2D eigenvalue weighted by Crippen LogP contribution is 2.46. The molecule has 1 heterocycles. The molecule has 11 aromatic carbocycles. The number of para-hydroxylation sites is 2. The van der Waals surface area contributed by atoms with Crippen LogP contribution in [0.2, 0.25) is 0 Å². The van der Waals surface area contributed by atoms with E-state index in [1.54, 1.807) is 0 Å². The Morgan fingerprint density at radius 1 is 0.236 bits per heavy atom. The number of hydrogen-bond acceptors (Lipinski definition) is 0. The molecular formula is C54H33N. The highest BCUT2D eigenvalue weighted by molar-refractivity contribution is 6.39. The molecule has 0 spiro atoms. The third-order valence-corrected chi connectivity index (χ3v) is 11.9. The van der Waals surface area contributed by atoms with Gasteiger partial charge in [0.05, 0.1) is 11.0 Å².